The zero-order valence-electron chi connectivity index (χ0n) is 7.55. The van der Waals surface area contributed by atoms with E-state index in [1.807, 2.05) is 0 Å². The topological polar surface area (TPSA) is 53.5 Å². The first-order valence-corrected chi connectivity index (χ1v) is 4.98. The molecule has 4 nitrogen and oxygen atoms in total. The number of rotatable bonds is 1. The third-order valence-corrected chi connectivity index (χ3v) is 2.70. The Kier molecular flexibility index (Phi) is 2.79. The van der Waals surface area contributed by atoms with Gasteiger partial charge in [0.05, 0.1) is 22.3 Å². The summed E-state index contributed by atoms with van der Waals surface area (Å²) in [6.45, 7) is 0.379. The molecular weight excluding hydrogens is 237 g/mol. The fourth-order valence-corrected chi connectivity index (χ4v) is 1.50. The molecule has 0 saturated carbocycles. The molecule has 1 aliphatic heterocycles. The van der Waals surface area contributed by atoms with E-state index in [1.165, 1.54) is 0 Å². The van der Waals surface area contributed by atoms with Crippen molar-refractivity contribution < 1.29 is 4.79 Å². The van der Waals surface area contributed by atoms with Crippen LogP contribution in [0.15, 0.2) is 23.3 Å². The van der Waals surface area contributed by atoms with Crippen molar-refractivity contribution in [2.45, 2.75) is 0 Å². The van der Waals surface area contributed by atoms with Crippen molar-refractivity contribution in [3.8, 4) is 0 Å². The molecule has 0 unspecified atom stereocenters. The minimum atomic E-state index is -0.307. The number of nitrogens with zero attached hydrogens (tertiary/aromatic N) is 1. The molecule has 0 saturated heterocycles. The van der Waals surface area contributed by atoms with Crippen molar-refractivity contribution in [3.05, 3.63) is 33.8 Å². The van der Waals surface area contributed by atoms with Gasteiger partial charge in [-0.1, -0.05) is 29.3 Å². The van der Waals surface area contributed by atoms with Crippen molar-refractivity contribution in [1.29, 1.82) is 0 Å². The molecule has 0 fully saturated rings. The van der Waals surface area contributed by atoms with Crippen LogP contribution in [0.25, 0.3) is 0 Å². The number of hydrazone groups is 1. The van der Waals surface area contributed by atoms with Crippen LogP contribution in [-0.2, 0) is 0 Å². The van der Waals surface area contributed by atoms with Crippen LogP contribution in [0.4, 0.5) is 4.79 Å². The molecule has 78 valence electrons. The van der Waals surface area contributed by atoms with Crippen LogP contribution in [0.3, 0.4) is 0 Å². The quantitative estimate of drug-likeness (QED) is 0.779. The lowest BCUT2D eigenvalue weighted by molar-refractivity contribution is 0.241. The molecule has 0 spiro atoms. The minimum absolute atomic E-state index is 0.307. The summed E-state index contributed by atoms with van der Waals surface area (Å²) in [4.78, 5) is 10.8. The third kappa shape index (κ3) is 2.22. The zero-order chi connectivity index (χ0) is 10.8. The van der Waals surface area contributed by atoms with Gasteiger partial charge in [-0.15, -0.1) is 0 Å². The smallest absolute Gasteiger partial charge is 0.331 e. The van der Waals surface area contributed by atoms with Gasteiger partial charge in [0.1, 0.15) is 0 Å². The molecule has 0 radical (unpaired) electrons. The first kappa shape index (κ1) is 10.3. The van der Waals surface area contributed by atoms with Crippen molar-refractivity contribution >= 4 is 34.9 Å². The van der Waals surface area contributed by atoms with Gasteiger partial charge in [0.25, 0.3) is 0 Å². The molecule has 0 atom stereocenters. The predicted octanol–water partition coefficient (Wildman–Crippen LogP) is 2.01. The van der Waals surface area contributed by atoms with E-state index in [-0.39, 0.29) is 6.03 Å². The van der Waals surface area contributed by atoms with Gasteiger partial charge in [0.2, 0.25) is 0 Å². The van der Waals surface area contributed by atoms with Crippen LogP contribution in [-0.4, -0.2) is 18.3 Å². The predicted molar refractivity (Wildman–Crippen MR) is 59.5 cm³/mol. The molecular formula is C9H7Cl2N3O. The Morgan fingerprint density at radius 1 is 1.27 bits per heavy atom. The number of carbonyl (C=O) groups excluding carboxylic acids is 1. The van der Waals surface area contributed by atoms with Crippen LogP contribution in [0.2, 0.25) is 10.0 Å². The standard InChI is InChI=1S/C9H7Cl2N3O/c10-6-2-1-5(3-7(6)11)8-4-12-9(15)14-13-8/h1-3H,4H2,(H2,12,14,15). The highest BCUT2D eigenvalue weighted by Crippen LogP contribution is 2.22. The van der Waals surface area contributed by atoms with Gasteiger partial charge in [-0.3, -0.25) is 0 Å². The maximum Gasteiger partial charge on any atom is 0.335 e. The fraction of sp³-hybridized carbons (Fsp3) is 0.111. The van der Waals surface area contributed by atoms with E-state index in [9.17, 15) is 4.79 Å². The van der Waals surface area contributed by atoms with Crippen molar-refractivity contribution in [2.75, 3.05) is 6.54 Å². The number of hydrogen-bond donors (Lipinski definition) is 2. The summed E-state index contributed by atoms with van der Waals surface area (Å²) in [6.07, 6.45) is 0. The number of halogens is 2. The average Bonchev–Trinajstić information content (AvgIpc) is 2.23. The first-order chi connectivity index (χ1) is 7.16. The molecule has 1 aromatic rings. The molecule has 2 amide bonds. The van der Waals surface area contributed by atoms with E-state index >= 15 is 0 Å². The van der Waals surface area contributed by atoms with Crippen molar-refractivity contribution in [3.63, 3.8) is 0 Å². The van der Waals surface area contributed by atoms with Gasteiger partial charge in [-0.2, -0.15) is 5.10 Å². The molecule has 0 bridgehead atoms. The zero-order valence-corrected chi connectivity index (χ0v) is 9.06. The van der Waals surface area contributed by atoms with Crippen LogP contribution in [0.5, 0.6) is 0 Å². The molecule has 1 aromatic carbocycles. The van der Waals surface area contributed by atoms with Gasteiger partial charge < -0.3 is 5.32 Å². The molecule has 1 heterocycles. The Morgan fingerprint density at radius 3 is 2.67 bits per heavy atom. The first-order valence-electron chi connectivity index (χ1n) is 4.22. The molecule has 2 rings (SSSR count). The van der Waals surface area contributed by atoms with Crippen molar-refractivity contribution in [2.24, 2.45) is 5.10 Å². The van der Waals surface area contributed by atoms with Crippen LogP contribution in [0, 0.1) is 0 Å². The SMILES string of the molecule is O=C1NCC(c2ccc(Cl)c(Cl)c2)=NN1. The van der Waals surface area contributed by atoms with Gasteiger partial charge in [-0.25, -0.2) is 10.2 Å². The lowest BCUT2D eigenvalue weighted by atomic mass is 10.1. The maximum atomic E-state index is 10.8. The number of benzene rings is 1. The normalized spacial score (nSPS) is 15.3. The Morgan fingerprint density at radius 2 is 2.07 bits per heavy atom. The lowest BCUT2D eigenvalue weighted by Gasteiger charge is -2.14. The number of carbonyl (C=O) groups is 1. The number of urea groups is 1. The largest absolute Gasteiger partial charge is 0.335 e. The number of amides is 2. The summed E-state index contributed by atoms with van der Waals surface area (Å²) in [7, 11) is 0. The monoisotopic (exact) mass is 243 g/mol. The highest BCUT2D eigenvalue weighted by molar-refractivity contribution is 6.42. The fourth-order valence-electron chi connectivity index (χ4n) is 1.20. The Labute approximate surface area is 96.3 Å². The van der Waals surface area contributed by atoms with Crippen LogP contribution < -0.4 is 10.7 Å². The highest BCUT2D eigenvalue weighted by atomic mass is 35.5. The van der Waals surface area contributed by atoms with E-state index in [2.05, 4.69) is 15.8 Å². The highest BCUT2D eigenvalue weighted by Gasteiger charge is 2.12. The molecule has 2 N–H and O–H groups in total. The third-order valence-electron chi connectivity index (χ3n) is 1.96. The second kappa shape index (κ2) is 4.08. The van der Waals surface area contributed by atoms with E-state index in [4.69, 9.17) is 23.2 Å². The molecule has 1 aliphatic rings. The summed E-state index contributed by atoms with van der Waals surface area (Å²) < 4.78 is 0. The molecule has 0 aromatic heterocycles. The summed E-state index contributed by atoms with van der Waals surface area (Å²) >= 11 is 11.7. The Balaban J connectivity index is 2.30. The Hall–Kier alpha value is -1.26. The minimum Gasteiger partial charge on any atom is -0.331 e. The number of nitrogens with one attached hydrogen (secondary N) is 2. The van der Waals surface area contributed by atoms with E-state index in [1.54, 1.807) is 18.2 Å². The van der Waals surface area contributed by atoms with Crippen LogP contribution >= 0.6 is 23.2 Å². The molecule has 15 heavy (non-hydrogen) atoms. The van der Waals surface area contributed by atoms with E-state index in [0.29, 0.717) is 22.3 Å². The summed E-state index contributed by atoms with van der Waals surface area (Å²) in [5.74, 6) is 0. The summed E-state index contributed by atoms with van der Waals surface area (Å²) in [5.41, 5.74) is 3.87. The van der Waals surface area contributed by atoms with E-state index in [0.717, 1.165) is 5.56 Å². The van der Waals surface area contributed by atoms with E-state index < -0.39 is 0 Å². The second-order valence-electron chi connectivity index (χ2n) is 2.98. The lowest BCUT2D eigenvalue weighted by Crippen LogP contribution is -2.42. The molecule has 0 aliphatic carbocycles. The molecule has 6 heteroatoms. The summed E-state index contributed by atoms with van der Waals surface area (Å²) in [5, 5.41) is 7.47. The summed E-state index contributed by atoms with van der Waals surface area (Å²) in [6, 6.07) is 4.89. The second-order valence-corrected chi connectivity index (χ2v) is 3.80. The Bertz CT molecular complexity index is 445. The average molecular weight is 244 g/mol. The van der Waals surface area contributed by atoms with Gasteiger partial charge in [-0.05, 0) is 12.1 Å². The van der Waals surface area contributed by atoms with Gasteiger partial charge >= 0.3 is 6.03 Å². The number of hydrogen-bond acceptors (Lipinski definition) is 2. The van der Waals surface area contributed by atoms with Crippen LogP contribution in [0.1, 0.15) is 5.56 Å². The van der Waals surface area contributed by atoms with Crippen molar-refractivity contribution in [1.82, 2.24) is 10.7 Å². The van der Waals surface area contributed by atoms with Gasteiger partial charge in [0.15, 0.2) is 0 Å². The van der Waals surface area contributed by atoms with Gasteiger partial charge in [0, 0.05) is 5.56 Å². The maximum absolute atomic E-state index is 10.8.